The number of nitrogens with zero attached hydrogens (tertiary/aromatic N) is 4. The second kappa shape index (κ2) is 8.68. The van der Waals surface area contributed by atoms with Gasteiger partial charge < -0.3 is 10.0 Å². The molecule has 178 valence electrons. The molecule has 0 saturated carbocycles. The van der Waals surface area contributed by atoms with Crippen molar-refractivity contribution in [1.29, 1.82) is 0 Å². The second-order valence-corrected chi connectivity index (χ2v) is 8.91. The number of alkyl halides is 4. The van der Waals surface area contributed by atoms with E-state index in [0.29, 0.717) is 17.1 Å². The highest BCUT2D eigenvalue weighted by Crippen LogP contribution is 2.43. The summed E-state index contributed by atoms with van der Waals surface area (Å²) in [6.45, 7) is 8.73. The van der Waals surface area contributed by atoms with Crippen molar-refractivity contribution in [3.05, 3.63) is 64.9 Å². The van der Waals surface area contributed by atoms with Gasteiger partial charge in [0.15, 0.2) is 0 Å². The maximum Gasteiger partial charge on any atom is 0.433 e. The fourth-order valence-electron chi connectivity index (χ4n) is 4.93. The van der Waals surface area contributed by atoms with Crippen LogP contribution in [0.1, 0.15) is 44.4 Å². The highest BCUT2D eigenvalue weighted by molar-refractivity contribution is 6.16. The molecule has 2 atom stereocenters. The third kappa shape index (κ3) is 4.36. The number of fused-ring (bicyclic) bond motifs is 2. The van der Waals surface area contributed by atoms with Crippen molar-refractivity contribution in [1.82, 2.24) is 14.8 Å². The van der Waals surface area contributed by atoms with Crippen LogP contribution in [0, 0.1) is 0 Å². The number of pyridine rings is 1. The van der Waals surface area contributed by atoms with Crippen LogP contribution >= 0.6 is 0 Å². The third-order valence-electron chi connectivity index (χ3n) is 6.69. The average molecular weight is 465 g/mol. The molecule has 0 aromatic carbocycles. The Hall–Kier alpha value is -2.52. The van der Waals surface area contributed by atoms with E-state index in [1.807, 2.05) is 4.90 Å². The topological polar surface area (TPSA) is 52.0 Å². The van der Waals surface area contributed by atoms with Gasteiger partial charge in [0, 0.05) is 42.0 Å². The summed E-state index contributed by atoms with van der Waals surface area (Å²) < 4.78 is 52.1. The van der Waals surface area contributed by atoms with Crippen LogP contribution in [0.15, 0.2) is 58.6 Å². The Labute approximate surface area is 190 Å². The van der Waals surface area contributed by atoms with Gasteiger partial charge in [0.05, 0.1) is 23.7 Å². The number of β-amino-alcohol motifs (C(OH)–C–C–N with tert-alkyl or cyclic N) is 1. The molecule has 0 bridgehead atoms. The fraction of sp³-hybridized carbons (Fsp3) is 0.500. The first-order chi connectivity index (χ1) is 15.6. The highest BCUT2D eigenvalue weighted by atomic mass is 19.4. The largest absolute Gasteiger partial charge is 0.433 e. The Morgan fingerprint density at radius 3 is 2.70 bits per heavy atom. The number of aliphatic hydroxyl groups is 1. The van der Waals surface area contributed by atoms with Gasteiger partial charge in [-0.05, 0) is 39.3 Å². The number of hydrogen-bond acceptors (Lipinski definition) is 5. The maximum absolute atomic E-state index is 13.5. The Bertz CT molecular complexity index is 1020. The minimum Gasteiger partial charge on any atom is -0.384 e. The van der Waals surface area contributed by atoms with Gasteiger partial charge >= 0.3 is 6.18 Å². The van der Waals surface area contributed by atoms with Gasteiger partial charge in [0.2, 0.25) is 0 Å². The lowest BCUT2D eigenvalue weighted by Gasteiger charge is -2.36. The smallest absolute Gasteiger partial charge is 0.384 e. The maximum atomic E-state index is 13.5. The van der Waals surface area contributed by atoms with Crippen molar-refractivity contribution < 1.29 is 22.7 Å². The standard InChI is InChI=1S/C24H28F4N4O/c1-4-17(12-25)30-22-15(2)32(19-9-11-31-10-5-6-18(31)21(19)22)14-23(3,33)16-7-8-20(29-13-16)24(26,27)28/h4,7-8,13,18,33H,2,5-6,9-12,14H2,1,3H3/b17-4-,30-22?. The fourth-order valence-corrected chi connectivity index (χ4v) is 4.93. The monoisotopic (exact) mass is 464 g/mol. The zero-order valence-electron chi connectivity index (χ0n) is 18.8. The summed E-state index contributed by atoms with van der Waals surface area (Å²) >= 11 is 0. The van der Waals surface area contributed by atoms with E-state index in [2.05, 4.69) is 21.5 Å². The number of rotatable bonds is 5. The van der Waals surface area contributed by atoms with Crippen LogP contribution in [-0.4, -0.2) is 58.0 Å². The van der Waals surface area contributed by atoms with Gasteiger partial charge in [-0.3, -0.25) is 9.88 Å². The van der Waals surface area contributed by atoms with Crippen LogP contribution in [0.3, 0.4) is 0 Å². The molecule has 0 radical (unpaired) electrons. The van der Waals surface area contributed by atoms with Crippen molar-refractivity contribution in [2.45, 2.75) is 50.9 Å². The summed E-state index contributed by atoms with van der Waals surface area (Å²) in [6.07, 6.45) is 0.907. The van der Waals surface area contributed by atoms with E-state index in [1.165, 1.54) is 6.07 Å². The second-order valence-electron chi connectivity index (χ2n) is 8.91. The van der Waals surface area contributed by atoms with Crippen molar-refractivity contribution in [3.63, 3.8) is 0 Å². The lowest BCUT2D eigenvalue weighted by Crippen LogP contribution is -2.40. The van der Waals surface area contributed by atoms with Gasteiger partial charge in [0.25, 0.3) is 0 Å². The summed E-state index contributed by atoms with van der Waals surface area (Å²) in [7, 11) is 0. The summed E-state index contributed by atoms with van der Waals surface area (Å²) in [5.74, 6) is 0. The Balaban J connectivity index is 1.69. The molecule has 4 rings (SSSR count). The van der Waals surface area contributed by atoms with Gasteiger partial charge in [-0.2, -0.15) is 13.2 Å². The van der Waals surface area contributed by atoms with E-state index in [9.17, 15) is 22.7 Å². The predicted octanol–water partition coefficient (Wildman–Crippen LogP) is 4.57. The number of halogens is 4. The van der Waals surface area contributed by atoms with E-state index in [4.69, 9.17) is 0 Å². The Morgan fingerprint density at radius 2 is 2.09 bits per heavy atom. The molecule has 1 fully saturated rings. The number of hydrogen-bond donors (Lipinski definition) is 1. The van der Waals surface area contributed by atoms with Gasteiger partial charge in [-0.25, -0.2) is 9.38 Å². The van der Waals surface area contributed by atoms with E-state index >= 15 is 0 Å². The van der Waals surface area contributed by atoms with Crippen molar-refractivity contribution in [3.8, 4) is 0 Å². The predicted molar refractivity (Wildman–Crippen MR) is 118 cm³/mol. The van der Waals surface area contributed by atoms with E-state index in [0.717, 1.165) is 55.9 Å². The summed E-state index contributed by atoms with van der Waals surface area (Å²) in [5.41, 5.74) is 1.31. The molecule has 33 heavy (non-hydrogen) atoms. The van der Waals surface area contributed by atoms with Crippen molar-refractivity contribution in [2.24, 2.45) is 4.99 Å². The molecule has 0 aliphatic carbocycles. The molecule has 2 unspecified atom stereocenters. The molecular formula is C24H28F4N4O. The molecule has 0 amide bonds. The van der Waals surface area contributed by atoms with Crippen molar-refractivity contribution >= 4 is 5.71 Å². The molecule has 5 nitrogen and oxygen atoms in total. The van der Waals surface area contributed by atoms with Gasteiger partial charge in [-0.15, -0.1) is 0 Å². The zero-order chi connectivity index (χ0) is 24.0. The summed E-state index contributed by atoms with van der Waals surface area (Å²) in [6, 6.07) is 2.29. The first-order valence-electron chi connectivity index (χ1n) is 11.1. The lowest BCUT2D eigenvalue weighted by atomic mass is 9.94. The number of allylic oxidation sites excluding steroid dienone is 3. The SMILES string of the molecule is C=C1C(=N/C(=C\C)CF)C2=C(CCN3CCCC23)N1CC(C)(O)c1ccc(C(F)(F)F)nc1. The molecule has 3 aliphatic heterocycles. The Kier molecular flexibility index (Phi) is 6.22. The van der Waals surface area contributed by atoms with E-state index < -0.39 is 24.1 Å². The quantitative estimate of drug-likeness (QED) is 0.649. The Morgan fingerprint density at radius 1 is 1.33 bits per heavy atom. The van der Waals surface area contributed by atoms with Crippen LogP contribution in [0.25, 0.3) is 0 Å². The molecule has 9 heteroatoms. The number of aliphatic imine (C=N–C) groups is 1. The molecule has 1 aromatic heterocycles. The minimum absolute atomic E-state index is 0.0737. The average Bonchev–Trinajstić information content (AvgIpc) is 3.35. The molecule has 1 aromatic rings. The van der Waals surface area contributed by atoms with Crippen molar-refractivity contribution in [2.75, 3.05) is 26.3 Å². The first kappa shape index (κ1) is 23.6. The summed E-state index contributed by atoms with van der Waals surface area (Å²) in [5, 5.41) is 11.2. The molecule has 1 saturated heterocycles. The van der Waals surface area contributed by atoms with Crippen LogP contribution in [0.4, 0.5) is 17.6 Å². The highest BCUT2D eigenvalue weighted by Gasteiger charge is 2.44. The normalized spacial score (nSPS) is 25.0. The lowest BCUT2D eigenvalue weighted by molar-refractivity contribution is -0.141. The molecular weight excluding hydrogens is 436 g/mol. The molecule has 4 heterocycles. The minimum atomic E-state index is -4.55. The van der Waals surface area contributed by atoms with Gasteiger partial charge in [-0.1, -0.05) is 18.7 Å². The van der Waals surface area contributed by atoms with Gasteiger partial charge in [0.1, 0.15) is 18.0 Å². The number of aromatic nitrogens is 1. The third-order valence-corrected chi connectivity index (χ3v) is 6.69. The zero-order valence-corrected chi connectivity index (χ0v) is 18.8. The van der Waals surface area contributed by atoms with E-state index in [-0.39, 0.29) is 18.2 Å². The molecule has 0 spiro atoms. The van der Waals surface area contributed by atoms with Crippen LogP contribution in [0.5, 0.6) is 0 Å². The van der Waals surface area contributed by atoms with Crippen LogP contribution in [0.2, 0.25) is 0 Å². The van der Waals surface area contributed by atoms with Crippen LogP contribution < -0.4 is 0 Å². The molecule has 3 aliphatic rings. The molecule has 1 N–H and O–H groups in total. The van der Waals surface area contributed by atoms with Crippen LogP contribution in [-0.2, 0) is 11.8 Å². The van der Waals surface area contributed by atoms with E-state index in [1.54, 1.807) is 19.9 Å². The summed E-state index contributed by atoms with van der Waals surface area (Å²) in [4.78, 5) is 12.4. The first-order valence-corrected chi connectivity index (χ1v) is 11.1.